The third-order valence-corrected chi connectivity index (χ3v) is 3.66. The van der Waals surface area contributed by atoms with Gasteiger partial charge in [0.25, 0.3) is 0 Å². The molecule has 15 heavy (non-hydrogen) atoms. The lowest BCUT2D eigenvalue weighted by atomic mass is 10.1. The van der Waals surface area contributed by atoms with Gasteiger partial charge in [-0.15, -0.1) is 23.7 Å². The molecular weight excluding hydrogens is 230 g/mol. The van der Waals surface area contributed by atoms with Crippen LogP contribution in [0.4, 0.5) is 0 Å². The third-order valence-electron chi connectivity index (χ3n) is 2.70. The number of rotatable bonds is 4. The Bertz CT molecular complexity index is 260. The van der Waals surface area contributed by atoms with Crippen LogP contribution in [0.5, 0.6) is 0 Å². The smallest absolute Gasteiger partial charge is 0.109 e. The molecule has 2 rings (SSSR count). The van der Waals surface area contributed by atoms with Gasteiger partial charge in [0.05, 0.1) is 6.04 Å². The molecule has 0 radical (unpaired) electrons. The van der Waals surface area contributed by atoms with Crippen LogP contribution in [-0.2, 0) is 0 Å². The Morgan fingerprint density at radius 2 is 2.60 bits per heavy atom. The first-order valence-corrected chi connectivity index (χ1v) is 6.07. The molecule has 2 N–H and O–H groups in total. The van der Waals surface area contributed by atoms with Gasteiger partial charge in [0.1, 0.15) is 5.01 Å². The lowest BCUT2D eigenvalue weighted by Crippen LogP contribution is -2.26. The molecule has 3 nitrogen and oxygen atoms in total. The van der Waals surface area contributed by atoms with Gasteiger partial charge in [0.2, 0.25) is 0 Å². The van der Waals surface area contributed by atoms with E-state index in [1.807, 2.05) is 11.6 Å². The zero-order valence-electron chi connectivity index (χ0n) is 8.90. The summed E-state index contributed by atoms with van der Waals surface area (Å²) in [7, 11) is 0. The minimum atomic E-state index is 0. The first-order valence-electron chi connectivity index (χ1n) is 5.20. The van der Waals surface area contributed by atoms with Crippen molar-refractivity contribution in [1.82, 2.24) is 15.6 Å². The summed E-state index contributed by atoms with van der Waals surface area (Å²) in [5.41, 5.74) is 0. The van der Waals surface area contributed by atoms with E-state index in [-0.39, 0.29) is 12.4 Å². The lowest BCUT2D eigenvalue weighted by molar-refractivity contribution is 0.469. The summed E-state index contributed by atoms with van der Waals surface area (Å²) in [5.74, 6) is 0.803. The van der Waals surface area contributed by atoms with Crippen LogP contribution in [0, 0.1) is 5.92 Å². The molecule has 86 valence electrons. The van der Waals surface area contributed by atoms with E-state index in [1.54, 1.807) is 11.3 Å². The molecule has 0 bridgehead atoms. The Morgan fingerprint density at radius 3 is 3.20 bits per heavy atom. The number of halogens is 1. The van der Waals surface area contributed by atoms with E-state index in [0.717, 1.165) is 19.0 Å². The van der Waals surface area contributed by atoms with Gasteiger partial charge >= 0.3 is 0 Å². The first-order chi connectivity index (χ1) is 6.86. The number of hydrogen-bond donors (Lipinski definition) is 2. The van der Waals surface area contributed by atoms with Gasteiger partial charge in [-0.3, -0.25) is 0 Å². The molecule has 2 heterocycles. The van der Waals surface area contributed by atoms with E-state index < -0.39 is 0 Å². The Hall–Kier alpha value is -0.160. The van der Waals surface area contributed by atoms with Crippen LogP contribution >= 0.6 is 23.7 Å². The Labute approximate surface area is 101 Å². The average molecular weight is 248 g/mol. The monoisotopic (exact) mass is 247 g/mol. The van der Waals surface area contributed by atoms with Crippen molar-refractivity contribution in [2.24, 2.45) is 5.92 Å². The molecule has 5 heteroatoms. The van der Waals surface area contributed by atoms with Crippen molar-refractivity contribution in [2.75, 3.05) is 19.6 Å². The zero-order chi connectivity index (χ0) is 9.80. The fraction of sp³-hybridized carbons (Fsp3) is 0.700. The summed E-state index contributed by atoms with van der Waals surface area (Å²) >= 11 is 1.72. The predicted molar refractivity (Wildman–Crippen MR) is 66.8 cm³/mol. The molecule has 0 spiro atoms. The van der Waals surface area contributed by atoms with Crippen molar-refractivity contribution in [3.63, 3.8) is 0 Å². The zero-order valence-corrected chi connectivity index (χ0v) is 10.5. The number of nitrogens with one attached hydrogen (secondary N) is 2. The second-order valence-electron chi connectivity index (χ2n) is 3.86. The van der Waals surface area contributed by atoms with Gasteiger partial charge in [-0.05, 0) is 38.9 Å². The number of thiazole rings is 1. The van der Waals surface area contributed by atoms with E-state index in [1.165, 1.54) is 18.0 Å². The van der Waals surface area contributed by atoms with Crippen LogP contribution in [0.2, 0.25) is 0 Å². The highest BCUT2D eigenvalue weighted by molar-refractivity contribution is 7.09. The van der Waals surface area contributed by atoms with Crippen molar-refractivity contribution in [3.8, 4) is 0 Å². The summed E-state index contributed by atoms with van der Waals surface area (Å²) in [6.07, 6.45) is 3.17. The second-order valence-corrected chi connectivity index (χ2v) is 4.79. The highest BCUT2D eigenvalue weighted by Crippen LogP contribution is 2.15. The maximum Gasteiger partial charge on any atom is 0.109 e. The van der Waals surface area contributed by atoms with Crippen molar-refractivity contribution in [1.29, 1.82) is 0 Å². The summed E-state index contributed by atoms with van der Waals surface area (Å²) < 4.78 is 0. The molecule has 1 fully saturated rings. The van der Waals surface area contributed by atoms with Crippen LogP contribution in [0.15, 0.2) is 11.6 Å². The van der Waals surface area contributed by atoms with Crippen LogP contribution in [0.3, 0.4) is 0 Å². The molecule has 2 atom stereocenters. The molecule has 1 aromatic rings. The summed E-state index contributed by atoms with van der Waals surface area (Å²) in [4.78, 5) is 4.30. The fourth-order valence-corrected chi connectivity index (χ4v) is 2.44. The van der Waals surface area contributed by atoms with Crippen LogP contribution in [-0.4, -0.2) is 24.6 Å². The van der Waals surface area contributed by atoms with E-state index in [9.17, 15) is 0 Å². The quantitative estimate of drug-likeness (QED) is 0.853. The molecule has 0 amide bonds. The van der Waals surface area contributed by atoms with Gasteiger partial charge in [0.15, 0.2) is 0 Å². The molecule has 0 saturated carbocycles. The van der Waals surface area contributed by atoms with E-state index >= 15 is 0 Å². The predicted octanol–water partition coefficient (Wildman–Crippen LogP) is 1.82. The Kier molecular flexibility index (Phi) is 5.53. The van der Waals surface area contributed by atoms with E-state index in [0.29, 0.717) is 6.04 Å². The van der Waals surface area contributed by atoms with Gasteiger partial charge in [-0.25, -0.2) is 4.98 Å². The van der Waals surface area contributed by atoms with Gasteiger partial charge in [-0.1, -0.05) is 0 Å². The Balaban J connectivity index is 0.00000112. The molecule has 2 unspecified atom stereocenters. The topological polar surface area (TPSA) is 37.0 Å². The number of nitrogens with zero attached hydrogens (tertiary/aromatic N) is 1. The molecule has 0 aromatic carbocycles. The fourth-order valence-electron chi connectivity index (χ4n) is 1.77. The van der Waals surface area contributed by atoms with E-state index in [4.69, 9.17) is 0 Å². The standard InChI is InChI=1S/C10H17N3S.ClH/c1-8(10-12-4-5-14-10)13-7-9-2-3-11-6-9;/h4-5,8-9,11,13H,2-3,6-7H2,1H3;1H. The van der Waals surface area contributed by atoms with Crippen molar-refractivity contribution < 1.29 is 0 Å². The average Bonchev–Trinajstić information content (AvgIpc) is 2.87. The van der Waals surface area contributed by atoms with Crippen molar-refractivity contribution >= 4 is 23.7 Å². The van der Waals surface area contributed by atoms with Crippen molar-refractivity contribution in [3.05, 3.63) is 16.6 Å². The summed E-state index contributed by atoms with van der Waals surface area (Å²) in [6, 6.07) is 0.399. The highest BCUT2D eigenvalue weighted by Gasteiger charge is 2.15. The SMILES string of the molecule is CC(NCC1CCNC1)c1nccs1.Cl. The lowest BCUT2D eigenvalue weighted by Gasteiger charge is -2.14. The molecule has 1 saturated heterocycles. The second kappa shape index (κ2) is 6.43. The number of aromatic nitrogens is 1. The van der Waals surface area contributed by atoms with Crippen LogP contribution in [0.25, 0.3) is 0 Å². The third kappa shape index (κ3) is 3.72. The minimum Gasteiger partial charge on any atom is -0.316 e. The maximum atomic E-state index is 4.30. The first kappa shape index (κ1) is 12.9. The normalized spacial score (nSPS) is 22.3. The molecule has 1 aliphatic heterocycles. The van der Waals surface area contributed by atoms with Gasteiger partial charge < -0.3 is 10.6 Å². The van der Waals surface area contributed by atoms with Crippen LogP contribution in [0.1, 0.15) is 24.4 Å². The minimum absolute atomic E-state index is 0. The Morgan fingerprint density at radius 1 is 1.73 bits per heavy atom. The summed E-state index contributed by atoms with van der Waals surface area (Å²) in [6.45, 7) is 5.63. The van der Waals surface area contributed by atoms with E-state index in [2.05, 4.69) is 22.5 Å². The number of hydrogen-bond acceptors (Lipinski definition) is 4. The largest absolute Gasteiger partial charge is 0.316 e. The van der Waals surface area contributed by atoms with Gasteiger partial charge in [0, 0.05) is 11.6 Å². The maximum absolute atomic E-state index is 4.30. The molecule has 1 aliphatic rings. The molecular formula is C10H18ClN3S. The summed E-state index contributed by atoms with van der Waals surface area (Å²) in [5, 5.41) is 10.1. The highest BCUT2D eigenvalue weighted by atomic mass is 35.5. The molecule has 0 aliphatic carbocycles. The van der Waals surface area contributed by atoms with Gasteiger partial charge in [-0.2, -0.15) is 0 Å². The molecule has 1 aromatic heterocycles. The van der Waals surface area contributed by atoms with Crippen molar-refractivity contribution in [2.45, 2.75) is 19.4 Å². The van der Waals surface area contributed by atoms with Crippen LogP contribution < -0.4 is 10.6 Å².